The minimum absolute atomic E-state index is 0.446. The number of hydrogen-bond acceptors (Lipinski definition) is 0. The monoisotopic (exact) mass is 508 g/mol. The minimum Gasteiger partial charge on any atom is -0.0830 e. The van der Waals surface area contributed by atoms with Gasteiger partial charge in [-0.05, 0) is 23.8 Å². The van der Waals surface area contributed by atoms with Crippen LogP contribution in [0.25, 0.3) is 21.5 Å². The molecule has 3 heteroatoms. The molecule has 6 aromatic rings. The van der Waals surface area contributed by atoms with Gasteiger partial charge in [0.2, 0.25) is 0 Å². The van der Waals surface area contributed by atoms with Crippen LogP contribution in [-0.4, -0.2) is 0 Å². The fraction of sp³-hybridized carbons (Fsp3) is 0. The molecule has 6 aromatic carbocycles. The van der Waals surface area contributed by atoms with Crippen LogP contribution < -0.4 is 15.9 Å². The molecule has 0 unspecified atom stereocenters. The molecule has 0 aliphatic carbocycles. The first-order chi connectivity index (χ1) is 17.2. The summed E-state index contributed by atoms with van der Waals surface area (Å²) < 4.78 is 0. The van der Waals surface area contributed by atoms with Crippen molar-refractivity contribution < 1.29 is 0 Å². The second-order valence-electron chi connectivity index (χ2n) is 8.06. The summed E-state index contributed by atoms with van der Waals surface area (Å²) in [7, 11) is -0.446. The molecule has 0 aliphatic rings. The van der Waals surface area contributed by atoms with Gasteiger partial charge in [0.15, 0.2) is 0 Å². The van der Waals surface area contributed by atoms with Gasteiger partial charge >= 0.3 is 0 Å². The molecule has 170 valence electrons. The van der Waals surface area contributed by atoms with Gasteiger partial charge in [-0.2, -0.15) is 0 Å². The fourth-order valence-corrected chi connectivity index (χ4v) is 7.16. The van der Waals surface area contributed by atoms with Crippen LogP contribution >= 0.6 is 31.1 Å². The predicted molar refractivity (Wildman–Crippen MR) is 157 cm³/mol. The highest BCUT2D eigenvalue weighted by molar-refractivity contribution is 7.79. The second-order valence-corrected chi connectivity index (χ2v) is 11.0. The summed E-state index contributed by atoms with van der Waals surface area (Å²) in [5.74, 6) is 0. The van der Waals surface area contributed by atoms with Crippen molar-refractivity contribution in [1.82, 2.24) is 0 Å². The Hall–Kier alpha value is -3.15. The zero-order chi connectivity index (χ0) is 24.0. The van der Waals surface area contributed by atoms with E-state index in [1.165, 1.54) is 15.9 Å². The molecular formula is C32H23Cl2P. The van der Waals surface area contributed by atoms with Gasteiger partial charge in [0.1, 0.15) is 0 Å². The smallest absolute Gasteiger partial charge is 0.0563 e. The molecule has 35 heavy (non-hydrogen) atoms. The van der Waals surface area contributed by atoms with Gasteiger partial charge in [0.05, 0.1) is 10.0 Å². The van der Waals surface area contributed by atoms with E-state index in [4.69, 9.17) is 23.2 Å². The van der Waals surface area contributed by atoms with Gasteiger partial charge in [-0.25, -0.2) is 0 Å². The molecule has 0 bridgehead atoms. The Kier molecular flexibility index (Phi) is 7.45. The van der Waals surface area contributed by atoms with Gasteiger partial charge in [-0.15, -0.1) is 0 Å². The van der Waals surface area contributed by atoms with Crippen LogP contribution in [0.1, 0.15) is 0 Å². The van der Waals surface area contributed by atoms with Crippen LogP contribution in [0.4, 0.5) is 0 Å². The van der Waals surface area contributed by atoms with Crippen molar-refractivity contribution in [3.8, 4) is 0 Å². The largest absolute Gasteiger partial charge is 0.0830 e. The van der Waals surface area contributed by atoms with Crippen molar-refractivity contribution in [2.75, 3.05) is 0 Å². The average molecular weight is 509 g/mol. The summed E-state index contributed by atoms with van der Waals surface area (Å²) in [6.45, 7) is 0. The molecule has 0 N–H and O–H groups in total. The van der Waals surface area contributed by atoms with Gasteiger partial charge in [-0.3, -0.25) is 0 Å². The second kappa shape index (κ2) is 11.1. The van der Waals surface area contributed by atoms with Gasteiger partial charge in [0.25, 0.3) is 0 Å². The maximum atomic E-state index is 6.39. The molecule has 0 amide bonds. The van der Waals surface area contributed by atoms with Crippen LogP contribution in [0.2, 0.25) is 10.0 Å². The van der Waals surface area contributed by atoms with Gasteiger partial charge in [0, 0.05) is 21.5 Å². The third-order valence-corrected chi connectivity index (χ3v) is 9.10. The molecule has 0 fully saturated rings. The zero-order valence-corrected chi connectivity index (χ0v) is 21.4. The Morgan fingerprint density at radius 3 is 0.800 bits per heavy atom. The van der Waals surface area contributed by atoms with E-state index in [1.807, 2.05) is 48.5 Å². The summed E-state index contributed by atoms with van der Waals surface area (Å²) in [5.41, 5.74) is 0. The Morgan fingerprint density at radius 1 is 0.314 bits per heavy atom. The van der Waals surface area contributed by atoms with Crippen LogP contribution in [0.5, 0.6) is 0 Å². The molecule has 0 aromatic heterocycles. The van der Waals surface area contributed by atoms with Crippen molar-refractivity contribution in [2.45, 2.75) is 0 Å². The third-order valence-electron chi connectivity index (χ3n) is 5.84. The average Bonchev–Trinajstić information content (AvgIpc) is 2.94. The molecule has 0 radical (unpaired) electrons. The summed E-state index contributed by atoms with van der Waals surface area (Å²) in [6, 6.07) is 48.2. The normalized spacial score (nSPS) is 10.8. The lowest BCUT2D eigenvalue weighted by Crippen LogP contribution is -2.20. The lowest BCUT2D eigenvalue weighted by Gasteiger charge is -2.18. The van der Waals surface area contributed by atoms with Crippen molar-refractivity contribution in [1.29, 1.82) is 0 Å². The Balaban J connectivity index is 0.000000147. The summed E-state index contributed by atoms with van der Waals surface area (Å²) in [4.78, 5) is 0. The van der Waals surface area contributed by atoms with E-state index < -0.39 is 7.92 Å². The first-order valence-electron chi connectivity index (χ1n) is 11.4. The molecule has 0 atom stereocenters. The Morgan fingerprint density at radius 2 is 0.543 bits per heavy atom. The molecule has 0 spiro atoms. The first-order valence-corrected chi connectivity index (χ1v) is 13.5. The number of benzene rings is 6. The van der Waals surface area contributed by atoms with Crippen molar-refractivity contribution in [3.05, 3.63) is 150 Å². The lowest BCUT2D eigenvalue weighted by atomic mass is 10.0. The highest BCUT2D eigenvalue weighted by Crippen LogP contribution is 2.38. The molecule has 0 saturated carbocycles. The fourth-order valence-electron chi connectivity index (χ4n) is 4.20. The summed E-state index contributed by atoms with van der Waals surface area (Å²) >= 11 is 12.8. The molecule has 0 nitrogen and oxygen atoms in total. The van der Waals surface area contributed by atoms with E-state index in [0.717, 1.165) is 31.6 Å². The lowest BCUT2D eigenvalue weighted by molar-refractivity contribution is 1.74. The summed E-state index contributed by atoms with van der Waals surface area (Å²) in [5, 5.41) is 9.77. The van der Waals surface area contributed by atoms with Crippen molar-refractivity contribution >= 4 is 68.6 Å². The SMILES string of the molecule is Clc1c2ccccc2c(Cl)c2ccccc12.c1ccc(P(c2ccccc2)c2ccccc2)cc1. The van der Waals surface area contributed by atoms with Gasteiger partial charge in [-0.1, -0.05) is 163 Å². The van der Waals surface area contributed by atoms with Crippen LogP contribution in [0.15, 0.2) is 140 Å². The molecule has 0 aliphatic heterocycles. The molecular weight excluding hydrogens is 486 g/mol. The maximum Gasteiger partial charge on any atom is 0.0563 e. The highest BCUT2D eigenvalue weighted by Gasteiger charge is 2.15. The molecule has 0 heterocycles. The minimum atomic E-state index is -0.446. The van der Waals surface area contributed by atoms with E-state index in [9.17, 15) is 0 Å². The van der Waals surface area contributed by atoms with Crippen LogP contribution in [0.3, 0.4) is 0 Å². The van der Waals surface area contributed by atoms with Crippen LogP contribution in [-0.2, 0) is 0 Å². The summed E-state index contributed by atoms with van der Waals surface area (Å²) in [6.07, 6.45) is 0. The van der Waals surface area contributed by atoms with E-state index in [2.05, 4.69) is 91.0 Å². The first kappa shape index (κ1) is 23.6. The maximum absolute atomic E-state index is 6.39. The third kappa shape index (κ3) is 5.12. The Labute approximate surface area is 217 Å². The van der Waals surface area contributed by atoms with Crippen molar-refractivity contribution in [2.24, 2.45) is 0 Å². The van der Waals surface area contributed by atoms with Crippen molar-refractivity contribution in [3.63, 3.8) is 0 Å². The molecule has 6 rings (SSSR count). The van der Waals surface area contributed by atoms with Gasteiger partial charge < -0.3 is 0 Å². The van der Waals surface area contributed by atoms with E-state index in [0.29, 0.717) is 0 Å². The van der Waals surface area contributed by atoms with E-state index >= 15 is 0 Å². The number of fused-ring (bicyclic) bond motifs is 2. The standard InChI is InChI=1S/C18H15P.C14H8Cl2/c1-4-10-16(11-5-1)19(17-12-6-2-7-13-17)18-14-8-3-9-15-18;15-13-9-5-1-2-6-10(9)14(16)12-8-4-3-7-11(12)13/h1-15H;1-8H. The Bertz CT molecular complexity index is 1340. The number of hydrogen-bond donors (Lipinski definition) is 0. The predicted octanol–water partition coefficient (Wildman–Crippen LogP) is 8.74. The highest BCUT2D eigenvalue weighted by atomic mass is 35.5. The van der Waals surface area contributed by atoms with E-state index in [1.54, 1.807) is 0 Å². The van der Waals surface area contributed by atoms with Crippen LogP contribution in [0, 0.1) is 0 Å². The molecule has 0 saturated heterocycles. The van der Waals surface area contributed by atoms with E-state index in [-0.39, 0.29) is 0 Å². The zero-order valence-electron chi connectivity index (χ0n) is 19.0. The topological polar surface area (TPSA) is 0 Å². The number of rotatable bonds is 3. The quantitative estimate of drug-likeness (QED) is 0.165. The number of halogens is 2.